The lowest BCUT2D eigenvalue weighted by Gasteiger charge is -2.36. The molecule has 3 nitrogen and oxygen atoms in total. The predicted octanol–water partition coefficient (Wildman–Crippen LogP) is 3.70. The molecule has 1 saturated heterocycles. The number of furan rings is 1. The zero-order valence-corrected chi connectivity index (χ0v) is 14.0. The van der Waals surface area contributed by atoms with Crippen molar-refractivity contribution in [2.45, 2.75) is 65.0 Å². The summed E-state index contributed by atoms with van der Waals surface area (Å²) in [6.45, 7) is 10.8. The average Bonchev–Trinajstić information content (AvgIpc) is 2.99. The van der Waals surface area contributed by atoms with E-state index >= 15 is 0 Å². The molecule has 0 aliphatic carbocycles. The number of hydrogen-bond donors (Lipinski definition) is 1. The Bertz CT molecular complexity index is 369. The minimum Gasteiger partial charge on any atom is -0.469 e. The third kappa shape index (κ3) is 5.48. The van der Waals surface area contributed by atoms with Crippen molar-refractivity contribution < 1.29 is 4.42 Å². The molecule has 1 aliphatic rings. The Hall–Kier alpha value is -0.800. The summed E-state index contributed by atoms with van der Waals surface area (Å²) in [6.07, 6.45) is 7.91. The van der Waals surface area contributed by atoms with Gasteiger partial charge in [0.15, 0.2) is 0 Å². The Kier molecular flexibility index (Phi) is 6.78. The highest BCUT2D eigenvalue weighted by Crippen LogP contribution is 2.21. The van der Waals surface area contributed by atoms with Crippen molar-refractivity contribution in [1.29, 1.82) is 0 Å². The molecule has 1 fully saturated rings. The molecule has 1 aliphatic heterocycles. The zero-order chi connectivity index (χ0) is 15.1. The molecule has 0 spiro atoms. The highest BCUT2D eigenvalue weighted by molar-refractivity contribution is 4.98. The normalized spacial score (nSPS) is 20.5. The van der Waals surface area contributed by atoms with Crippen molar-refractivity contribution in [3.8, 4) is 0 Å². The van der Waals surface area contributed by atoms with Crippen LogP contribution in [0.5, 0.6) is 0 Å². The van der Waals surface area contributed by atoms with Gasteiger partial charge in [0.05, 0.1) is 6.26 Å². The van der Waals surface area contributed by atoms with E-state index in [-0.39, 0.29) is 0 Å². The van der Waals surface area contributed by atoms with Crippen LogP contribution in [0, 0.1) is 5.92 Å². The first-order valence-corrected chi connectivity index (χ1v) is 8.69. The fourth-order valence-electron chi connectivity index (χ4n) is 3.47. The van der Waals surface area contributed by atoms with Crippen LogP contribution in [0.25, 0.3) is 0 Å². The molecular weight excluding hydrogens is 260 g/mol. The summed E-state index contributed by atoms with van der Waals surface area (Å²) in [5, 5.41) is 3.80. The Balaban J connectivity index is 1.65. The summed E-state index contributed by atoms with van der Waals surface area (Å²) in [7, 11) is 0. The van der Waals surface area contributed by atoms with E-state index in [0.29, 0.717) is 12.1 Å². The van der Waals surface area contributed by atoms with Crippen LogP contribution >= 0.6 is 0 Å². The lowest BCUT2D eigenvalue weighted by Crippen LogP contribution is -2.44. The molecule has 3 heteroatoms. The fourth-order valence-corrected chi connectivity index (χ4v) is 3.47. The molecule has 2 atom stereocenters. The average molecular weight is 292 g/mol. The van der Waals surface area contributed by atoms with Gasteiger partial charge in [-0.3, -0.25) is 0 Å². The van der Waals surface area contributed by atoms with Crippen LogP contribution < -0.4 is 5.32 Å². The van der Waals surface area contributed by atoms with Gasteiger partial charge in [0.25, 0.3) is 0 Å². The Morgan fingerprint density at radius 1 is 1.33 bits per heavy atom. The summed E-state index contributed by atoms with van der Waals surface area (Å²) in [5.74, 6) is 1.94. The number of hydrogen-bond acceptors (Lipinski definition) is 3. The second kappa shape index (κ2) is 8.60. The topological polar surface area (TPSA) is 28.4 Å². The number of likely N-dealkylation sites (tertiary alicyclic amines) is 1. The van der Waals surface area contributed by atoms with Crippen LogP contribution in [-0.2, 0) is 6.42 Å². The summed E-state index contributed by atoms with van der Waals surface area (Å²) in [5.41, 5.74) is 0. The first-order chi connectivity index (χ1) is 10.2. The second-order valence-electron chi connectivity index (χ2n) is 6.65. The van der Waals surface area contributed by atoms with E-state index in [9.17, 15) is 0 Å². The van der Waals surface area contributed by atoms with Crippen LogP contribution in [0.1, 0.15) is 52.2 Å². The van der Waals surface area contributed by atoms with Crippen LogP contribution in [0.3, 0.4) is 0 Å². The third-order valence-electron chi connectivity index (χ3n) is 4.83. The van der Waals surface area contributed by atoms with E-state index in [2.05, 4.69) is 37.1 Å². The summed E-state index contributed by atoms with van der Waals surface area (Å²) in [4.78, 5) is 2.61. The molecule has 0 bridgehead atoms. The van der Waals surface area contributed by atoms with E-state index < -0.39 is 0 Å². The molecule has 2 unspecified atom stereocenters. The van der Waals surface area contributed by atoms with Crippen LogP contribution in [0.4, 0.5) is 0 Å². The maximum Gasteiger partial charge on any atom is 0.103 e. The van der Waals surface area contributed by atoms with Crippen molar-refractivity contribution in [2.24, 2.45) is 5.92 Å². The van der Waals surface area contributed by atoms with Gasteiger partial charge in [-0.05, 0) is 77.2 Å². The van der Waals surface area contributed by atoms with Crippen molar-refractivity contribution in [3.05, 3.63) is 24.2 Å². The quantitative estimate of drug-likeness (QED) is 0.792. The van der Waals surface area contributed by atoms with Crippen molar-refractivity contribution in [3.63, 3.8) is 0 Å². The van der Waals surface area contributed by atoms with Gasteiger partial charge in [-0.1, -0.05) is 6.92 Å². The molecule has 21 heavy (non-hydrogen) atoms. The molecule has 0 amide bonds. The lowest BCUT2D eigenvalue weighted by molar-refractivity contribution is 0.158. The predicted molar refractivity (Wildman–Crippen MR) is 88.5 cm³/mol. The largest absolute Gasteiger partial charge is 0.469 e. The first kappa shape index (κ1) is 16.6. The minimum absolute atomic E-state index is 0.554. The van der Waals surface area contributed by atoms with Gasteiger partial charge < -0.3 is 14.6 Å². The SMILES string of the molecule is CCCN1CCC(C(C)NC(C)CCc2ccco2)CC1. The highest BCUT2D eigenvalue weighted by atomic mass is 16.3. The Labute approximate surface area is 130 Å². The van der Waals surface area contributed by atoms with Gasteiger partial charge in [0.1, 0.15) is 5.76 Å². The zero-order valence-electron chi connectivity index (χ0n) is 14.0. The van der Waals surface area contributed by atoms with E-state index in [1.807, 2.05) is 6.07 Å². The third-order valence-corrected chi connectivity index (χ3v) is 4.83. The highest BCUT2D eigenvalue weighted by Gasteiger charge is 2.24. The summed E-state index contributed by atoms with van der Waals surface area (Å²) < 4.78 is 5.41. The lowest BCUT2D eigenvalue weighted by atomic mass is 9.89. The van der Waals surface area contributed by atoms with Gasteiger partial charge in [-0.2, -0.15) is 0 Å². The summed E-state index contributed by atoms with van der Waals surface area (Å²) in [6, 6.07) is 5.22. The van der Waals surface area contributed by atoms with Crippen molar-refractivity contribution in [1.82, 2.24) is 10.2 Å². The number of nitrogens with one attached hydrogen (secondary N) is 1. The standard InChI is InChI=1S/C18H32N2O/c1-4-11-20-12-9-17(10-13-20)16(3)19-15(2)7-8-18-6-5-14-21-18/h5-6,14-17,19H,4,7-13H2,1-3H3. The van der Waals surface area contributed by atoms with Gasteiger partial charge in [-0.15, -0.1) is 0 Å². The van der Waals surface area contributed by atoms with Gasteiger partial charge in [-0.25, -0.2) is 0 Å². The molecule has 0 saturated carbocycles. The van der Waals surface area contributed by atoms with Gasteiger partial charge in [0.2, 0.25) is 0 Å². The molecule has 1 aromatic rings. The van der Waals surface area contributed by atoms with E-state index in [1.54, 1.807) is 6.26 Å². The van der Waals surface area contributed by atoms with E-state index in [1.165, 1.54) is 38.9 Å². The Morgan fingerprint density at radius 2 is 2.10 bits per heavy atom. The number of rotatable bonds is 8. The monoisotopic (exact) mass is 292 g/mol. The molecule has 2 heterocycles. The molecule has 2 rings (SSSR count). The molecule has 0 aromatic carbocycles. The Morgan fingerprint density at radius 3 is 2.71 bits per heavy atom. The van der Waals surface area contributed by atoms with Gasteiger partial charge >= 0.3 is 0 Å². The second-order valence-corrected chi connectivity index (χ2v) is 6.65. The van der Waals surface area contributed by atoms with E-state index in [4.69, 9.17) is 4.42 Å². The molecular formula is C18H32N2O. The van der Waals surface area contributed by atoms with Crippen LogP contribution in [-0.4, -0.2) is 36.6 Å². The number of piperidine rings is 1. The maximum absolute atomic E-state index is 5.41. The van der Waals surface area contributed by atoms with Crippen molar-refractivity contribution in [2.75, 3.05) is 19.6 Å². The number of aryl methyl sites for hydroxylation is 1. The smallest absolute Gasteiger partial charge is 0.103 e. The first-order valence-electron chi connectivity index (χ1n) is 8.69. The van der Waals surface area contributed by atoms with Gasteiger partial charge in [0, 0.05) is 18.5 Å². The molecule has 0 radical (unpaired) electrons. The molecule has 1 N–H and O–H groups in total. The number of nitrogens with zero attached hydrogens (tertiary/aromatic N) is 1. The fraction of sp³-hybridized carbons (Fsp3) is 0.778. The van der Waals surface area contributed by atoms with Crippen LogP contribution in [0.2, 0.25) is 0 Å². The van der Waals surface area contributed by atoms with Crippen molar-refractivity contribution >= 4 is 0 Å². The molecule has 120 valence electrons. The molecule has 1 aromatic heterocycles. The minimum atomic E-state index is 0.554. The maximum atomic E-state index is 5.41. The summed E-state index contributed by atoms with van der Waals surface area (Å²) >= 11 is 0. The van der Waals surface area contributed by atoms with E-state index in [0.717, 1.165) is 24.5 Å². The van der Waals surface area contributed by atoms with Crippen LogP contribution in [0.15, 0.2) is 22.8 Å².